The monoisotopic (exact) mass is 411 g/mol. The van der Waals surface area contributed by atoms with E-state index in [1.165, 1.54) is 0 Å². The van der Waals surface area contributed by atoms with E-state index in [0.29, 0.717) is 22.0 Å². The smallest absolute Gasteiger partial charge is 0.0995 e. The first-order valence-electron chi connectivity index (χ1n) is 7.85. The van der Waals surface area contributed by atoms with Crippen molar-refractivity contribution in [3.05, 3.63) is 35.4 Å². The minimum atomic E-state index is -0.197. The third-order valence-corrected chi connectivity index (χ3v) is 6.77. The van der Waals surface area contributed by atoms with Crippen molar-refractivity contribution < 1.29 is 9.47 Å². The van der Waals surface area contributed by atoms with Crippen LogP contribution in [0.25, 0.3) is 0 Å². The molecule has 3 rings (SSSR count). The maximum atomic E-state index is 9.18. The number of alkyl halides is 1. The number of benzene rings is 1. The maximum Gasteiger partial charge on any atom is 0.0995 e. The van der Waals surface area contributed by atoms with E-state index in [9.17, 15) is 5.26 Å². The van der Waals surface area contributed by atoms with E-state index in [1.807, 2.05) is 24.3 Å². The Labute approximate surface area is 146 Å². The molecule has 22 heavy (non-hydrogen) atoms. The van der Waals surface area contributed by atoms with Crippen LogP contribution in [-0.4, -0.2) is 21.2 Å². The summed E-state index contributed by atoms with van der Waals surface area (Å²) in [6.45, 7) is 7.14. The molecule has 0 radical (unpaired) electrons. The van der Waals surface area contributed by atoms with Gasteiger partial charge in [0, 0.05) is 10.3 Å². The van der Waals surface area contributed by atoms with E-state index in [-0.39, 0.29) is 17.3 Å². The predicted molar refractivity (Wildman–Crippen MR) is 93.8 cm³/mol. The van der Waals surface area contributed by atoms with Gasteiger partial charge >= 0.3 is 0 Å². The van der Waals surface area contributed by atoms with Crippen molar-refractivity contribution in [1.29, 1.82) is 5.26 Å². The molecule has 0 aromatic heterocycles. The van der Waals surface area contributed by atoms with Crippen molar-refractivity contribution in [1.82, 2.24) is 0 Å². The molecule has 0 N–H and O–H groups in total. The van der Waals surface area contributed by atoms with Gasteiger partial charge in [0.25, 0.3) is 0 Å². The summed E-state index contributed by atoms with van der Waals surface area (Å²) in [7, 11) is 0. The number of nitriles is 1. The molecule has 0 saturated carbocycles. The fraction of sp³-hybridized carbons (Fsp3) is 0.611. The van der Waals surface area contributed by atoms with Crippen LogP contribution in [0.1, 0.15) is 44.7 Å². The van der Waals surface area contributed by atoms with E-state index in [4.69, 9.17) is 9.47 Å². The average molecular weight is 411 g/mol. The second-order valence-electron chi connectivity index (χ2n) is 6.97. The summed E-state index contributed by atoms with van der Waals surface area (Å²) in [4.78, 5) is 0. The highest BCUT2D eigenvalue weighted by molar-refractivity contribution is 14.1. The Balaban J connectivity index is 1.74. The summed E-state index contributed by atoms with van der Waals surface area (Å²) in [5, 5.41) is 9.18. The Kier molecular flexibility index (Phi) is 4.26. The molecule has 0 amide bonds. The number of hydrogen-bond acceptors (Lipinski definition) is 3. The third kappa shape index (κ3) is 2.47. The molecule has 2 aliphatic rings. The Hall–Kier alpha value is -0.640. The van der Waals surface area contributed by atoms with Crippen molar-refractivity contribution in [3.63, 3.8) is 0 Å². The van der Waals surface area contributed by atoms with Crippen LogP contribution in [0.5, 0.6) is 0 Å². The molecule has 4 atom stereocenters. The number of ether oxygens (including phenoxy) is 2. The van der Waals surface area contributed by atoms with Gasteiger partial charge in [-0.05, 0) is 30.9 Å². The van der Waals surface area contributed by atoms with Gasteiger partial charge in [-0.1, -0.05) is 54.6 Å². The summed E-state index contributed by atoms with van der Waals surface area (Å²) >= 11 is 2.54. The summed E-state index contributed by atoms with van der Waals surface area (Å²) in [5.41, 5.74) is 1.40. The van der Waals surface area contributed by atoms with E-state index in [0.717, 1.165) is 18.4 Å². The standard InChI is InChI=1S/C18H22INO2/c1-12(2)18-9-16(17(3,22-18)8-15(18)19)21-11-14-7-5-4-6-13(14)10-20/h4-7,12,15-16H,8-9,11H2,1-3H3/t15-,16+,17-,18+/m1/s1. The van der Waals surface area contributed by atoms with E-state index in [1.54, 1.807) is 0 Å². The number of fused-ring (bicyclic) bond motifs is 2. The molecule has 4 heteroatoms. The van der Waals surface area contributed by atoms with E-state index >= 15 is 0 Å². The lowest BCUT2D eigenvalue weighted by Crippen LogP contribution is -2.44. The molecule has 0 unspecified atom stereocenters. The molecule has 2 saturated heterocycles. The average Bonchev–Trinajstić information content (AvgIpc) is 2.93. The highest BCUT2D eigenvalue weighted by Crippen LogP contribution is 2.57. The highest BCUT2D eigenvalue weighted by Gasteiger charge is 2.65. The Bertz CT molecular complexity index is 611. The molecule has 3 nitrogen and oxygen atoms in total. The van der Waals surface area contributed by atoms with Crippen LogP contribution < -0.4 is 0 Å². The predicted octanol–water partition coefficient (Wildman–Crippen LogP) is 4.22. The molecular weight excluding hydrogens is 389 g/mol. The van der Waals surface area contributed by atoms with Gasteiger partial charge in [0.05, 0.1) is 35.5 Å². The number of halogens is 1. The summed E-state index contributed by atoms with van der Waals surface area (Å²) in [6.07, 6.45) is 2.09. The zero-order valence-electron chi connectivity index (χ0n) is 13.3. The molecule has 1 aromatic rings. The second kappa shape index (κ2) is 5.77. The Morgan fingerprint density at radius 1 is 1.41 bits per heavy atom. The van der Waals surface area contributed by atoms with Gasteiger partial charge in [0.2, 0.25) is 0 Å². The lowest BCUT2D eigenvalue weighted by atomic mass is 9.75. The van der Waals surface area contributed by atoms with Crippen molar-refractivity contribution >= 4 is 22.6 Å². The van der Waals surface area contributed by atoms with Crippen LogP contribution in [-0.2, 0) is 16.1 Å². The zero-order chi connectivity index (χ0) is 16.0. The lowest BCUT2D eigenvalue weighted by Gasteiger charge is -2.35. The van der Waals surface area contributed by atoms with Gasteiger partial charge in [-0.3, -0.25) is 0 Å². The summed E-state index contributed by atoms with van der Waals surface area (Å²) < 4.78 is 13.2. The van der Waals surface area contributed by atoms with Crippen molar-refractivity contribution in [2.24, 2.45) is 5.92 Å². The van der Waals surface area contributed by atoms with Gasteiger partial charge in [-0.25, -0.2) is 0 Å². The SMILES string of the molecule is CC(C)[C@@]12C[C@H](OCc3ccccc3C#N)[C@@](C)(C[C@H]1I)O2. The molecule has 0 aliphatic carbocycles. The minimum Gasteiger partial charge on any atom is -0.370 e. The molecule has 2 heterocycles. The molecule has 1 aromatic carbocycles. The maximum absolute atomic E-state index is 9.18. The minimum absolute atomic E-state index is 0.0608. The summed E-state index contributed by atoms with van der Waals surface area (Å²) in [5.74, 6) is 0.483. The number of nitrogens with zero attached hydrogens (tertiary/aromatic N) is 1. The van der Waals surface area contributed by atoms with E-state index < -0.39 is 0 Å². The van der Waals surface area contributed by atoms with Crippen LogP contribution in [0.3, 0.4) is 0 Å². The van der Waals surface area contributed by atoms with Crippen LogP contribution in [0.15, 0.2) is 24.3 Å². The Morgan fingerprint density at radius 2 is 2.14 bits per heavy atom. The quantitative estimate of drug-likeness (QED) is 0.550. The number of hydrogen-bond donors (Lipinski definition) is 0. The van der Waals surface area contributed by atoms with E-state index in [2.05, 4.69) is 49.4 Å². The molecular formula is C18H22INO2. The second-order valence-corrected chi connectivity index (χ2v) is 8.47. The molecule has 118 valence electrons. The molecule has 2 fully saturated rings. The molecule has 2 aliphatic heterocycles. The third-order valence-electron chi connectivity index (χ3n) is 5.28. The fourth-order valence-corrected chi connectivity index (χ4v) is 5.81. The number of rotatable bonds is 4. The first-order chi connectivity index (χ1) is 10.4. The molecule has 0 spiro atoms. The fourth-order valence-electron chi connectivity index (χ4n) is 3.84. The molecule has 2 bridgehead atoms. The Morgan fingerprint density at radius 3 is 2.77 bits per heavy atom. The van der Waals surface area contributed by atoms with Gasteiger partial charge in [-0.2, -0.15) is 5.26 Å². The van der Waals surface area contributed by atoms with Crippen molar-refractivity contribution in [2.45, 2.75) is 61.5 Å². The zero-order valence-corrected chi connectivity index (χ0v) is 15.5. The van der Waals surface area contributed by atoms with Gasteiger partial charge in [0.15, 0.2) is 0 Å². The first-order valence-corrected chi connectivity index (χ1v) is 9.10. The largest absolute Gasteiger partial charge is 0.370 e. The van der Waals surface area contributed by atoms with Gasteiger partial charge in [0.1, 0.15) is 0 Å². The highest BCUT2D eigenvalue weighted by atomic mass is 127. The first kappa shape index (κ1) is 16.2. The topological polar surface area (TPSA) is 42.2 Å². The van der Waals surface area contributed by atoms with Gasteiger partial charge < -0.3 is 9.47 Å². The normalized spacial score (nSPS) is 36.7. The van der Waals surface area contributed by atoms with Crippen LogP contribution >= 0.6 is 22.6 Å². The lowest BCUT2D eigenvalue weighted by molar-refractivity contribution is -0.0954. The van der Waals surface area contributed by atoms with Crippen molar-refractivity contribution in [2.75, 3.05) is 0 Å². The van der Waals surface area contributed by atoms with Crippen LogP contribution in [0, 0.1) is 17.2 Å². The van der Waals surface area contributed by atoms with Gasteiger partial charge in [-0.15, -0.1) is 0 Å². The van der Waals surface area contributed by atoms with Crippen molar-refractivity contribution in [3.8, 4) is 6.07 Å². The summed E-state index contributed by atoms with van der Waals surface area (Å²) in [6, 6.07) is 9.88. The van der Waals surface area contributed by atoms with Crippen LogP contribution in [0.2, 0.25) is 0 Å². The van der Waals surface area contributed by atoms with Crippen LogP contribution in [0.4, 0.5) is 0 Å².